The predicted molar refractivity (Wildman–Crippen MR) is 133 cm³/mol. The number of piperidine rings is 1. The number of hydrogen-bond acceptors (Lipinski definition) is 5. The molecule has 2 aromatic rings. The van der Waals surface area contributed by atoms with E-state index in [9.17, 15) is 18.4 Å². The molecule has 3 N–H and O–H groups in total. The van der Waals surface area contributed by atoms with Crippen LogP contribution < -0.4 is 15.8 Å². The fourth-order valence-electron chi connectivity index (χ4n) is 4.31. The number of carbonyl (C=O) groups is 2. The number of benzene rings is 2. The summed E-state index contributed by atoms with van der Waals surface area (Å²) in [5.74, 6) is -1.22. The van der Waals surface area contributed by atoms with Gasteiger partial charge < -0.3 is 20.7 Å². The van der Waals surface area contributed by atoms with Crippen LogP contribution in [0.2, 0.25) is 5.02 Å². The Morgan fingerprint density at radius 2 is 1.86 bits per heavy atom. The Hall–Kier alpha value is -2.71. The average Bonchev–Trinajstić information content (AvgIpc) is 2.84. The van der Waals surface area contributed by atoms with E-state index >= 15 is 0 Å². The molecule has 0 aromatic heterocycles. The molecule has 0 atom stereocenters. The summed E-state index contributed by atoms with van der Waals surface area (Å²) in [6.45, 7) is 3.44. The van der Waals surface area contributed by atoms with Gasteiger partial charge in [-0.1, -0.05) is 18.0 Å². The number of Topliss-reactive ketones (excluding diaryl/α,β-unsaturated/α-hetero) is 1. The highest BCUT2D eigenvalue weighted by Gasteiger charge is 2.21. The molecule has 1 heterocycles. The Labute approximate surface area is 209 Å². The third-order valence-corrected chi connectivity index (χ3v) is 6.76. The van der Waals surface area contributed by atoms with E-state index in [0.717, 1.165) is 57.5 Å². The van der Waals surface area contributed by atoms with E-state index in [2.05, 4.69) is 10.2 Å². The van der Waals surface area contributed by atoms with Gasteiger partial charge in [-0.2, -0.15) is 0 Å². The number of nitrogens with one attached hydrogen (secondary N) is 1. The molecule has 0 spiro atoms. The number of halogens is 3. The maximum absolute atomic E-state index is 13.7. The number of nitrogens with two attached hydrogens (primary N) is 1. The van der Waals surface area contributed by atoms with Gasteiger partial charge in [0.15, 0.2) is 5.78 Å². The van der Waals surface area contributed by atoms with Crippen LogP contribution in [0.5, 0.6) is 5.75 Å². The highest BCUT2D eigenvalue weighted by Crippen LogP contribution is 2.29. The lowest BCUT2D eigenvalue weighted by Gasteiger charge is -2.32. The van der Waals surface area contributed by atoms with Gasteiger partial charge in [-0.15, -0.1) is 0 Å². The molecule has 6 nitrogen and oxygen atoms in total. The number of methoxy groups -OCH3 is 1. The first kappa shape index (κ1) is 26.9. The summed E-state index contributed by atoms with van der Waals surface area (Å²) in [5, 5.41) is 3.30. The molecule has 9 heteroatoms. The fraction of sp³-hybridized carbons (Fsp3) is 0.462. The number of anilines is 1. The summed E-state index contributed by atoms with van der Waals surface area (Å²) in [6.07, 6.45) is 4.74. The van der Waals surface area contributed by atoms with Crippen LogP contribution in [0.25, 0.3) is 0 Å². The van der Waals surface area contributed by atoms with Gasteiger partial charge in [0.1, 0.15) is 17.4 Å². The van der Waals surface area contributed by atoms with Gasteiger partial charge in [0.25, 0.3) is 5.91 Å². The Morgan fingerprint density at radius 3 is 2.54 bits per heavy atom. The number of carbonyl (C=O) groups excluding carboxylic acids is 2. The third-order valence-electron chi connectivity index (χ3n) is 6.43. The molecule has 35 heavy (non-hydrogen) atoms. The minimum Gasteiger partial charge on any atom is -0.496 e. The van der Waals surface area contributed by atoms with Crippen LogP contribution in [-0.2, 0) is 0 Å². The number of ether oxygens (including phenoxy) is 1. The Morgan fingerprint density at radius 1 is 1.11 bits per heavy atom. The van der Waals surface area contributed by atoms with E-state index in [0.29, 0.717) is 40.9 Å². The topological polar surface area (TPSA) is 84.7 Å². The van der Waals surface area contributed by atoms with E-state index in [1.54, 1.807) is 6.07 Å². The Balaban J connectivity index is 1.31. The molecule has 1 saturated heterocycles. The molecule has 1 amide bonds. The lowest BCUT2D eigenvalue weighted by atomic mass is 9.96. The first-order valence-corrected chi connectivity index (χ1v) is 12.3. The first-order valence-electron chi connectivity index (χ1n) is 11.9. The quantitative estimate of drug-likeness (QED) is 0.251. The van der Waals surface area contributed by atoms with E-state index < -0.39 is 11.6 Å². The number of unbranched alkanes of at least 4 members (excludes halogenated alkanes) is 2. The number of amides is 1. The molecule has 0 saturated carbocycles. The van der Waals surface area contributed by atoms with E-state index in [1.807, 2.05) is 0 Å². The number of nitrogen functional groups attached to an aromatic ring is 1. The van der Waals surface area contributed by atoms with Crippen molar-refractivity contribution in [2.45, 2.75) is 38.5 Å². The van der Waals surface area contributed by atoms with E-state index in [-0.39, 0.29) is 23.7 Å². The number of rotatable bonds is 11. The van der Waals surface area contributed by atoms with Crippen molar-refractivity contribution in [3.8, 4) is 5.75 Å². The van der Waals surface area contributed by atoms with Crippen LogP contribution in [0.15, 0.2) is 30.3 Å². The molecule has 190 valence electrons. The largest absolute Gasteiger partial charge is 0.496 e. The van der Waals surface area contributed by atoms with Crippen molar-refractivity contribution >= 4 is 29.0 Å². The van der Waals surface area contributed by atoms with E-state index in [4.69, 9.17) is 22.1 Å². The molecule has 0 aliphatic carbocycles. The fourth-order valence-corrected chi connectivity index (χ4v) is 4.47. The molecule has 0 radical (unpaired) electrons. The minimum absolute atomic E-state index is 0.0431. The highest BCUT2D eigenvalue weighted by molar-refractivity contribution is 6.33. The van der Waals surface area contributed by atoms with Gasteiger partial charge >= 0.3 is 0 Å². The Bertz CT molecular complexity index is 1040. The molecule has 2 aromatic carbocycles. The number of hydrogen-bond donors (Lipinski definition) is 2. The second kappa shape index (κ2) is 12.8. The van der Waals surface area contributed by atoms with Gasteiger partial charge in [-0.3, -0.25) is 9.59 Å². The van der Waals surface area contributed by atoms with E-state index in [1.165, 1.54) is 19.2 Å². The SMILES string of the molecule is COc1cc(N)c(Cl)cc1C(=O)NCC1CCN(CCCCCC(=O)c2ccc(F)cc2F)CC1. The Kier molecular flexibility index (Phi) is 9.86. The molecule has 3 rings (SSSR count). The zero-order chi connectivity index (χ0) is 25.4. The standard InChI is InChI=1S/C26H32ClF2N3O3/c1-35-25-15-23(30)21(27)14-20(25)26(34)31-16-17-8-11-32(12-9-17)10-4-2-3-5-24(33)19-7-6-18(28)13-22(19)29/h6-7,13-15,17H,2-5,8-12,16,30H2,1H3,(H,31,34). The van der Waals surface area contributed by atoms with Crippen molar-refractivity contribution < 1.29 is 23.1 Å². The summed E-state index contributed by atoms with van der Waals surface area (Å²) in [7, 11) is 1.48. The molecular weight excluding hydrogens is 476 g/mol. The van der Waals surface area contributed by atoms with Crippen LogP contribution >= 0.6 is 11.6 Å². The van der Waals surface area contributed by atoms with Crippen LogP contribution in [0.1, 0.15) is 59.2 Å². The summed E-state index contributed by atoms with van der Waals surface area (Å²) in [6, 6.07) is 6.13. The van der Waals surface area contributed by atoms with Crippen LogP contribution in [0.3, 0.4) is 0 Å². The van der Waals surface area contributed by atoms with Gasteiger partial charge in [-0.05, 0) is 69.4 Å². The first-order chi connectivity index (χ1) is 16.8. The maximum atomic E-state index is 13.7. The third kappa shape index (κ3) is 7.64. The summed E-state index contributed by atoms with van der Waals surface area (Å²) in [4.78, 5) is 27.1. The lowest BCUT2D eigenvalue weighted by molar-refractivity contribution is 0.0932. The van der Waals surface area contributed by atoms with Gasteiger partial charge in [0.05, 0.1) is 28.9 Å². The molecule has 1 aliphatic rings. The molecule has 0 unspecified atom stereocenters. The minimum atomic E-state index is -0.800. The monoisotopic (exact) mass is 507 g/mol. The van der Waals surface area contributed by atoms with Crippen LogP contribution in [0.4, 0.5) is 14.5 Å². The number of likely N-dealkylation sites (tertiary alicyclic amines) is 1. The lowest BCUT2D eigenvalue weighted by Crippen LogP contribution is -2.39. The summed E-state index contributed by atoms with van der Waals surface area (Å²) >= 11 is 6.06. The van der Waals surface area contributed by atoms with Crippen molar-refractivity contribution in [1.82, 2.24) is 10.2 Å². The summed E-state index contributed by atoms with van der Waals surface area (Å²) in [5.41, 5.74) is 6.46. The molecular formula is C26H32ClF2N3O3. The van der Waals surface area contributed by atoms with Crippen LogP contribution in [0, 0.1) is 17.6 Å². The molecule has 1 fully saturated rings. The zero-order valence-corrected chi connectivity index (χ0v) is 20.7. The van der Waals surface area contributed by atoms with Crippen molar-refractivity contribution in [3.63, 3.8) is 0 Å². The average molecular weight is 508 g/mol. The highest BCUT2D eigenvalue weighted by atomic mass is 35.5. The zero-order valence-electron chi connectivity index (χ0n) is 19.9. The molecule has 0 bridgehead atoms. The van der Waals surface area contributed by atoms with Crippen molar-refractivity contribution in [2.24, 2.45) is 5.92 Å². The van der Waals surface area contributed by atoms with Crippen molar-refractivity contribution in [2.75, 3.05) is 39.0 Å². The van der Waals surface area contributed by atoms with Crippen molar-refractivity contribution in [3.05, 3.63) is 58.1 Å². The maximum Gasteiger partial charge on any atom is 0.255 e. The number of ketones is 1. The van der Waals surface area contributed by atoms with Gasteiger partial charge in [0.2, 0.25) is 0 Å². The van der Waals surface area contributed by atoms with Crippen LogP contribution in [-0.4, -0.2) is 49.9 Å². The number of nitrogens with zero attached hydrogens (tertiary/aromatic N) is 1. The van der Waals surface area contributed by atoms with Crippen molar-refractivity contribution in [1.29, 1.82) is 0 Å². The second-order valence-electron chi connectivity index (χ2n) is 8.93. The van der Waals surface area contributed by atoms with Gasteiger partial charge in [-0.25, -0.2) is 8.78 Å². The molecule has 1 aliphatic heterocycles. The smallest absolute Gasteiger partial charge is 0.255 e. The second-order valence-corrected chi connectivity index (χ2v) is 9.33. The normalized spacial score (nSPS) is 14.6. The van der Waals surface area contributed by atoms with Gasteiger partial charge in [0, 0.05) is 25.1 Å². The summed E-state index contributed by atoms with van der Waals surface area (Å²) < 4.78 is 31.9. The predicted octanol–water partition coefficient (Wildman–Crippen LogP) is 5.09.